The van der Waals surface area contributed by atoms with E-state index in [0.29, 0.717) is 11.3 Å². The number of carbonyl (C=O) groups excluding carboxylic acids is 2. The maximum atomic E-state index is 12.1. The van der Waals surface area contributed by atoms with Crippen molar-refractivity contribution in [1.29, 1.82) is 0 Å². The quantitative estimate of drug-likeness (QED) is 0.655. The van der Waals surface area contributed by atoms with Gasteiger partial charge in [-0.15, -0.1) is 0 Å². The van der Waals surface area contributed by atoms with Crippen LogP contribution in [0.25, 0.3) is 0 Å². The second-order valence-corrected chi connectivity index (χ2v) is 4.64. The molecule has 0 unspecified atom stereocenters. The van der Waals surface area contributed by atoms with Crippen LogP contribution in [0.1, 0.15) is 37.5 Å². The van der Waals surface area contributed by atoms with Crippen molar-refractivity contribution < 1.29 is 24.2 Å². The molecular formula is C17H14O5. The molecule has 0 bridgehead atoms. The highest BCUT2D eigenvalue weighted by molar-refractivity contribution is 6.13. The number of Topliss-reactive ketones (excluding diaryl/α,β-unsaturated/α-hetero) is 2. The molecule has 22 heavy (non-hydrogen) atoms. The van der Waals surface area contributed by atoms with Crippen LogP contribution in [0.5, 0.6) is 5.75 Å². The van der Waals surface area contributed by atoms with Gasteiger partial charge in [-0.1, -0.05) is 12.1 Å². The normalized spacial score (nSPS) is 10.0. The minimum atomic E-state index is -1.11. The molecule has 0 amide bonds. The molecule has 0 saturated carbocycles. The van der Waals surface area contributed by atoms with E-state index in [0.717, 1.165) is 0 Å². The highest BCUT2D eigenvalue weighted by atomic mass is 16.5. The maximum Gasteiger partial charge on any atom is 0.335 e. The van der Waals surface area contributed by atoms with E-state index in [-0.39, 0.29) is 23.3 Å². The van der Waals surface area contributed by atoms with Gasteiger partial charge in [0.25, 0.3) is 0 Å². The number of aromatic carboxylic acids is 1. The summed E-state index contributed by atoms with van der Waals surface area (Å²) in [5, 5.41) is 8.91. The molecule has 0 saturated heterocycles. The lowest BCUT2D eigenvalue weighted by atomic mass is 10.00. The highest BCUT2D eigenvalue weighted by Crippen LogP contribution is 2.15. The Balaban J connectivity index is 2.12. The van der Waals surface area contributed by atoms with Crippen LogP contribution in [-0.4, -0.2) is 29.8 Å². The predicted molar refractivity (Wildman–Crippen MR) is 79.7 cm³/mol. The first kappa shape index (κ1) is 15.4. The number of hydrogen-bond acceptors (Lipinski definition) is 4. The monoisotopic (exact) mass is 298 g/mol. The third kappa shape index (κ3) is 3.58. The molecule has 0 heterocycles. The number of methoxy groups -OCH3 is 1. The van der Waals surface area contributed by atoms with Gasteiger partial charge in [0.15, 0.2) is 11.6 Å². The fourth-order valence-corrected chi connectivity index (χ4v) is 1.95. The Hall–Kier alpha value is -2.95. The molecule has 1 N–H and O–H groups in total. The van der Waals surface area contributed by atoms with Crippen molar-refractivity contribution in [1.82, 2.24) is 0 Å². The molecule has 0 atom stereocenters. The first-order valence-electron chi connectivity index (χ1n) is 6.55. The zero-order valence-electron chi connectivity index (χ0n) is 11.9. The van der Waals surface area contributed by atoms with Gasteiger partial charge in [-0.2, -0.15) is 0 Å². The SMILES string of the molecule is COc1ccc(C(=O)CC(=O)c2cccc(C(=O)O)c2)cc1. The van der Waals surface area contributed by atoms with Gasteiger partial charge in [-0.3, -0.25) is 9.59 Å². The summed E-state index contributed by atoms with van der Waals surface area (Å²) in [5.41, 5.74) is 0.632. The van der Waals surface area contributed by atoms with E-state index in [2.05, 4.69) is 0 Å². The lowest BCUT2D eigenvalue weighted by Gasteiger charge is -2.04. The summed E-state index contributed by atoms with van der Waals surface area (Å²) in [6.45, 7) is 0. The number of ketones is 2. The first-order valence-corrected chi connectivity index (χ1v) is 6.55. The number of carboxylic acid groups (broad SMARTS) is 1. The van der Waals surface area contributed by atoms with Gasteiger partial charge in [-0.25, -0.2) is 4.79 Å². The number of hydrogen-bond donors (Lipinski definition) is 1. The van der Waals surface area contributed by atoms with E-state index in [1.807, 2.05) is 0 Å². The van der Waals surface area contributed by atoms with Crippen LogP contribution in [0.15, 0.2) is 48.5 Å². The Morgan fingerprint density at radius 3 is 2.09 bits per heavy atom. The Bertz CT molecular complexity index is 716. The molecule has 0 aliphatic rings. The van der Waals surface area contributed by atoms with Gasteiger partial charge in [0.1, 0.15) is 5.75 Å². The summed E-state index contributed by atoms with van der Waals surface area (Å²) < 4.78 is 5.00. The molecule has 0 aromatic heterocycles. The first-order chi connectivity index (χ1) is 10.5. The molecule has 112 valence electrons. The van der Waals surface area contributed by atoms with Gasteiger partial charge in [0, 0.05) is 11.1 Å². The van der Waals surface area contributed by atoms with E-state index in [1.54, 1.807) is 24.3 Å². The zero-order chi connectivity index (χ0) is 16.1. The largest absolute Gasteiger partial charge is 0.497 e. The average molecular weight is 298 g/mol. The highest BCUT2D eigenvalue weighted by Gasteiger charge is 2.15. The molecule has 0 aliphatic heterocycles. The smallest absolute Gasteiger partial charge is 0.335 e. The van der Waals surface area contributed by atoms with Crippen molar-refractivity contribution >= 4 is 17.5 Å². The lowest BCUT2D eigenvalue weighted by Crippen LogP contribution is -2.09. The Kier molecular flexibility index (Phi) is 4.68. The van der Waals surface area contributed by atoms with Crippen molar-refractivity contribution in [3.05, 3.63) is 65.2 Å². The molecule has 5 heteroatoms. The third-order valence-electron chi connectivity index (χ3n) is 3.16. The van der Waals surface area contributed by atoms with E-state index in [4.69, 9.17) is 9.84 Å². The van der Waals surface area contributed by atoms with Crippen LogP contribution < -0.4 is 4.74 Å². The minimum Gasteiger partial charge on any atom is -0.497 e. The van der Waals surface area contributed by atoms with Crippen molar-refractivity contribution in [2.75, 3.05) is 7.11 Å². The van der Waals surface area contributed by atoms with Gasteiger partial charge < -0.3 is 9.84 Å². The summed E-state index contributed by atoms with van der Waals surface area (Å²) in [7, 11) is 1.52. The fourth-order valence-electron chi connectivity index (χ4n) is 1.95. The van der Waals surface area contributed by atoms with Crippen molar-refractivity contribution in [3.8, 4) is 5.75 Å². The molecule has 2 rings (SSSR count). The van der Waals surface area contributed by atoms with E-state index in [9.17, 15) is 14.4 Å². The zero-order valence-corrected chi connectivity index (χ0v) is 11.9. The van der Waals surface area contributed by atoms with Crippen LogP contribution >= 0.6 is 0 Å². The van der Waals surface area contributed by atoms with E-state index < -0.39 is 11.8 Å². The van der Waals surface area contributed by atoms with Crippen molar-refractivity contribution in [3.63, 3.8) is 0 Å². The number of benzene rings is 2. The van der Waals surface area contributed by atoms with E-state index >= 15 is 0 Å². The summed E-state index contributed by atoms with van der Waals surface area (Å²) in [5.74, 6) is -1.23. The molecule has 2 aromatic carbocycles. The second-order valence-electron chi connectivity index (χ2n) is 4.64. The molecule has 2 aromatic rings. The molecule has 5 nitrogen and oxygen atoms in total. The summed E-state index contributed by atoms with van der Waals surface area (Å²) in [6.07, 6.45) is -0.310. The number of ether oxygens (including phenoxy) is 1. The number of carbonyl (C=O) groups is 3. The van der Waals surface area contributed by atoms with Crippen LogP contribution in [0.2, 0.25) is 0 Å². The van der Waals surface area contributed by atoms with Crippen LogP contribution in [0.4, 0.5) is 0 Å². The fraction of sp³-hybridized carbons (Fsp3) is 0.118. The summed E-state index contributed by atoms with van der Waals surface area (Å²) in [6, 6.07) is 12.1. The number of carboxylic acids is 1. The third-order valence-corrected chi connectivity index (χ3v) is 3.16. The average Bonchev–Trinajstić information content (AvgIpc) is 2.54. The molecule has 0 aliphatic carbocycles. The molecular weight excluding hydrogens is 284 g/mol. The Morgan fingerprint density at radius 1 is 0.909 bits per heavy atom. The predicted octanol–water partition coefficient (Wildman–Crippen LogP) is 2.85. The topological polar surface area (TPSA) is 80.7 Å². The van der Waals surface area contributed by atoms with Crippen LogP contribution in [0, 0.1) is 0 Å². The van der Waals surface area contributed by atoms with Gasteiger partial charge in [0.2, 0.25) is 0 Å². The standard InChI is InChI=1S/C17H14O5/c1-22-14-7-5-11(6-8-14)15(18)10-16(19)12-3-2-4-13(9-12)17(20)21/h2-9H,10H2,1H3,(H,20,21). The van der Waals surface area contributed by atoms with Gasteiger partial charge >= 0.3 is 5.97 Å². The van der Waals surface area contributed by atoms with Crippen molar-refractivity contribution in [2.45, 2.75) is 6.42 Å². The van der Waals surface area contributed by atoms with E-state index in [1.165, 1.54) is 31.4 Å². The number of rotatable bonds is 6. The van der Waals surface area contributed by atoms with Gasteiger partial charge in [0.05, 0.1) is 19.1 Å². The van der Waals surface area contributed by atoms with Crippen LogP contribution in [0.3, 0.4) is 0 Å². The minimum absolute atomic E-state index is 0.0164. The van der Waals surface area contributed by atoms with Crippen molar-refractivity contribution in [2.24, 2.45) is 0 Å². The Labute approximate surface area is 127 Å². The van der Waals surface area contributed by atoms with Gasteiger partial charge in [-0.05, 0) is 36.4 Å². The Morgan fingerprint density at radius 2 is 1.50 bits per heavy atom. The van der Waals surface area contributed by atoms with Crippen LogP contribution in [-0.2, 0) is 0 Å². The molecule has 0 radical (unpaired) electrons. The second kappa shape index (κ2) is 6.67. The molecule has 0 spiro atoms. The molecule has 0 fully saturated rings. The summed E-state index contributed by atoms with van der Waals surface area (Å²) >= 11 is 0. The summed E-state index contributed by atoms with van der Waals surface area (Å²) in [4.78, 5) is 35.0. The lowest BCUT2D eigenvalue weighted by molar-refractivity contribution is 0.0696. The maximum absolute atomic E-state index is 12.1.